The Morgan fingerprint density at radius 3 is 2.35 bits per heavy atom. The Kier molecular flexibility index (Phi) is 10.8. The summed E-state index contributed by atoms with van der Waals surface area (Å²) in [5.41, 5.74) is -0.861. The molecule has 1 N–H and O–H groups in total. The quantitative estimate of drug-likeness (QED) is 0.321. The molecular formula is C36H37F4N7O5. The molecule has 0 spiro atoms. The number of hydrogen-bond donors (Lipinski definition) is 1. The SMILES string of the molecule is Cc1ccccc1C(C(=O)NC1CCC(F)(F)CC1)N(C(=O)[C@@H]1CN(C(=O)OC(C)(C)C)CC(=O)N1c1nccc(C#N)n1)c1cc(F)cc(F)c1. The lowest BCUT2D eigenvalue weighted by molar-refractivity contribution is -0.131. The Bertz CT molecular complexity index is 1880. The number of carbonyl (C=O) groups excluding carboxylic acids is 4. The smallest absolute Gasteiger partial charge is 0.410 e. The number of benzene rings is 2. The molecule has 2 atom stereocenters. The molecule has 4 amide bonds. The molecule has 1 unspecified atom stereocenters. The van der Waals surface area contributed by atoms with Gasteiger partial charge in [-0.25, -0.2) is 32.3 Å². The van der Waals surface area contributed by atoms with Gasteiger partial charge in [-0.15, -0.1) is 0 Å². The number of ether oxygens (including phenoxy) is 1. The van der Waals surface area contributed by atoms with E-state index in [1.807, 2.05) is 6.07 Å². The second-order valence-corrected chi connectivity index (χ2v) is 13.7. The highest BCUT2D eigenvalue weighted by Gasteiger charge is 2.47. The largest absolute Gasteiger partial charge is 0.444 e. The van der Waals surface area contributed by atoms with Gasteiger partial charge < -0.3 is 10.1 Å². The number of halogens is 4. The molecule has 52 heavy (non-hydrogen) atoms. The number of piperazine rings is 1. The molecule has 0 bridgehead atoms. The highest BCUT2D eigenvalue weighted by atomic mass is 19.3. The predicted octanol–water partition coefficient (Wildman–Crippen LogP) is 5.36. The van der Waals surface area contributed by atoms with Gasteiger partial charge in [0.15, 0.2) is 0 Å². The van der Waals surface area contributed by atoms with Gasteiger partial charge >= 0.3 is 6.09 Å². The minimum absolute atomic E-state index is 0.0654. The number of amides is 4. The number of aromatic nitrogens is 2. The first-order chi connectivity index (χ1) is 24.5. The molecule has 1 aliphatic heterocycles. The van der Waals surface area contributed by atoms with Gasteiger partial charge in [0.2, 0.25) is 23.7 Å². The molecule has 5 rings (SSSR count). The summed E-state index contributed by atoms with van der Waals surface area (Å²) < 4.78 is 63.5. The Labute approximate surface area is 297 Å². The summed E-state index contributed by atoms with van der Waals surface area (Å²) in [6, 6.07) is 7.64. The van der Waals surface area contributed by atoms with Crippen LogP contribution in [0.1, 0.15) is 69.3 Å². The highest BCUT2D eigenvalue weighted by Crippen LogP contribution is 2.36. The molecule has 1 saturated heterocycles. The standard InChI is InChI=1S/C36H37F4N7O5/c1-21-7-5-6-8-27(21)30(31(49)43-24-9-12-36(39,40)13-10-24)46(26-16-22(37)15-23(38)17-26)32(50)28-19-45(34(51)52-35(2,3)4)20-29(48)47(28)33-42-14-11-25(18-41)44-33/h5-8,11,14-17,24,28,30H,9-10,12-13,19-20H2,1-4H3,(H,43,49)/t28-,30?/m0/s1. The van der Waals surface area contributed by atoms with Gasteiger partial charge in [-0.1, -0.05) is 24.3 Å². The van der Waals surface area contributed by atoms with E-state index in [1.54, 1.807) is 45.9 Å². The number of nitrogens with one attached hydrogen (secondary N) is 1. The van der Waals surface area contributed by atoms with E-state index in [2.05, 4.69) is 15.3 Å². The molecular weight excluding hydrogens is 686 g/mol. The van der Waals surface area contributed by atoms with Crippen LogP contribution in [0.25, 0.3) is 0 Å². The van der Waals surface area contributed by atoms with Crippen molar-refractivity contribution in [2.75, 3.05) is 22.9 Å². The van der Waals surface area contributed by atoms with Crippen LogP contribution >= 0.6 is 0 Å². The third-order valence-electron chi connectivity index (χ3n) is 8.63. The maximum absolute atomic E-state index is 15.2. The van der Waals surface area contributed by atoms with Crippen LogP contribution < -0.4 is 15.1 Å². The number of rotatable bonds is 7. The topological polar surface area (TPSA) is 149 Å². The van der Waals surface area contributed by atoms with Crippen molar-refractivity contribution >= 4 is 35.5 Å². The molecule has 0 radical (unpaired) electrons. The van der Waals surface area contributed by atoms with Gasteiger partial charge in [0.25, 0.3) is 5.91 Å². The van der Waals surface area contributed by atoms with Gasteiger partial charge in [-0.3, -0.25) is 29.1 Å². The van der Waals surface area contributed by atoms with E-state index in [1.165, 1.54) is 18.3 Å². The predicted molar refractivity (Wildman–Crippen MR) is 179 cm³/mol. The lowest BCUT2D eigenvalue weighted by Crippen LogP contribution is -2.65. The molecule has 2 fully saturated rings. The van der Waals surface area contributed by atoms with Gasteiger partial charge in [0.1, 0.15) is 47.6 Å². The fraction of sp³-hybridized carbons (Fsp3) is 0.417. The average Bonchev–Trinajstić information content (AvgIpc) is 3.06. The van der Waals surface area contributed by atoms with Crippen LogP contribution in [0.15, 0.2) is 54.7 Å². The molecule has 2 heterocycles. The van der Waals surface area contributed by atoms with Gasteiger partial charge in [0.05, 0.1) is 12.2 Å². The van der Waals surface area contributed by atoms with Crippen molar-refractivity contribution in [2.45, 2.75) is 83.0 Å². The molecule has 274 valence electrons. The summed E-state index contributed by atoms with van der Waals surface area (Å²) in [4.78, 5) is 67.6. The zero-order valence-corrected chi connectivity index (χ0v) is 28.9. The van der Waals surface area contributed by atoms with E-state index in [4.69, 9.17) is 4.74 Å². The number of carbonyl (C=O) groups is 4. The lowest BCUT2D eigenvalue weighted by Gasteiger charge is -2.42. The molecule has 12 nitrogen and oxygen atoms in total. The first-order valence-electron chi connectivity index (χ1n) is 16.5. The van der Waals surface area contributed by atoms with Gasteiger partial charge in [0, 0.05) is 31.1 Å². The summed E-state index contributed by atoms with van der Waals surface area (Å²) in [7, 11) is 0. The molecule has 2 aliphatic rings. The van der Waals surface area contributed by atoms with Crippen LogP contribution in [0.4, 0.5) is 34.0 Å². The Morgan fingerprint density at radius 1 is 1.08 bits per heavy atom. The van der Waals surface area contributed by atoms with E-state index >= 15 is 4.79 Å². The zero-order valence-electron chi connectivity index (χ0n) is 28.9. The second kappa shape index (κ2) is 14.9. The van der Waals surface area contributed by atoms with Crippen molar-refractivity contribution in [2.24, 2.45) is 0 Å². The summed E-state index contributed by atoms with van der Waals surface area (Å²) in [6.07, 6.45) is -0.852. The van der Waals surface area contributed by atoms with Crippen LogP contribution in [-0.4, -0.2) is 75.4 Å². The fourth-order valence-electron chi connectivity index (χ4n) is 6.20. The minimum Gasteiger partial charge on any atom is -0.444 e. The Morgan fingerprint density at radius 2 is 1.73 bits per heavy atom. The molecule has 2 aromatic carbocycles. The van der Waals surface area contributed by atoms with Gasteiger partial charge in [-0.05, 0) is 69.9 Å². The van der Waals surface area contributed by atoms with Crippen LogP contribution in [0, 0.1) is 29.9 Å². The Balaban J connectivity index is 1.68. The fourth-order valence-corrected chi connectivity index (χ4v) is 6.20. The first kappa shape index (κ1) is 37.7. The Hall–Kier alpha value is -5.59. The number of nitrogens with zero attached hydrogens (tertiary/aromatic N) is 6. The van der Waals surface area contributed by atoms with Crippen LogP contribution in [-0.2, 0) is 19.1 Å². The monoisotopic (exact) mass is 723 g/mol. The summed E-state index contributed by atoms with van der Waals surface area (Å²) in [5, 5.41) is 12.3. The number of nitriles is 1. The van der Waals surface area contributed by atoms with Crippen molar-refractivity contribution < 1.29 is 41.5 Å². The van der Waals surface area contributed by atoms with Crippen LogP contribution in [0.5, 0.6) is 0 Å². The normalized spacial score (nSPS) is 18.3. The second-order valence-electron chi connectivity index (χ2n) is 13.7. The van der Waals surface area contributed by atoms with E-state index in [0.29, 0.717) is 11.6 Å². The van der Waals surface area contributed by atoms with E-state index < -0.39 is 96.7 Å². The van der Waals surface area contributed by atoms with Crippen molar-refractivity contribution in [1.29, 1.82) is 5.26 Å². The lowest BCUT2D eigenvalue weighted by atomic mass is 9.91. The maximum atomic E-state index is 15.2. The minimum atomic E-state index is -2.90. The molecule has 16 heteroatoms. The van der Waals surface area contributed by atoms with Crippen molar-refractivity contribution in [3.05, 3.63) is 83.2 Å². The molecule has 1 aromatic heterocycles. The number of anilines is 2. The van der Waals surface area contributed by atoms with Crippen LogP contribution in [0.2, 0.25) is 0 Å². The first-order valence-corrected chi connectivity index (χ1v) is 16.5. The average molecular weight is 724 g/mol. The summed E-state index contributed by atoms with van der Waals surface area (Å²) >= 11 is 0. The van der Waals surface area contributed by atoms with E-state index in [0.717, 1.165) is 26.8 Å². The number of hydrogen-bond acceptors (Lipinski definition) is 8. The maximum Gasteiger partial charge on any atom is 0.410 e. The highest BCUT2D eigenvalue weighted by molar-refractivity contribution is 6.10. The van der Waals surface area contributed by atoms with Crippen molar-refractivity contribution in [3.63, 3.8) is 0 Å². The summed E-state index contributed by atoms with van der Waals surface area (Å²) in [5.74, 6) is -8.27. The third-order valence-corrected chi connectivity index (χ3v) is 8.63. The molecule has 1 saturated carbocycles. The van der Waals surface area contributed by atoms with Crippen LogP contribution in [0.3, 0.4) is 0 Å². The van der Waals surface area contributed by atoms with Crippen molar-refractivity contribution in [3.8, 4) is 6.07 Å². The van der Waals surface area contributed by atoms with Crippen molar-refractivity contribution in [1.82, 2.24) is 20.2 Å². The number of aryl methyl sites for hydroxylation is 1. The van der Waals surface area contributed by atoms with E-state index in [-0.39, 0.29) is 30.0 Å². The zero-order chi connectivity index (χ0) is 38.0. The summed E-state index contributed by atoms with van der Waals surface area (Å²) in [6.45, 7) is 5.31. The number of alkyl halides is 2. The molecule has 3 aromatic rings. The molecule has 1 aliphatic carbocycles. The third kappa shape index (κ3) is 8.64. The van der Waals surface area contributed by atoms with E-state index in [9.17, 15) is 37.2 Å². The van der Waals surface area contributed by atoms with Gasteiger partial charge in [-0.2, -0.15) is 5.26 Å².